The number of likely N-dealkylation sites (tertiary alicyclic amines) is 1. The van der Waals surface area contributed by atoms with E-state index in [2.05, 4.69) is 26.1 Å². The molecular weight excluding hydrogens is 476 g/mol. The summed E-state index contributed by atoms with van der Waals surface area (Å²) in [7, 11) is 1.90. The quantitative estimate of drug-likeness (QED) is 0.359. The van der Waals surface area contributed by atoms with Gasteiger partial charge in [0.05, 0.1) is 11.8 Å². The number of carbonyl (C=O) groups excluding carboxylic acids is 2. The van der Waals surface area contributed by atoms with Gasteiger partial charge in [-0.3, -0.25) is 9.59 Å². The summed E-state index contributed by atoms with van der Waals surface area (Å²) in [5.74, 6) is 1.12. The fraction of sp³-hybridized carbons (Fsp3) is 0.304. The van der Waals surface area contributed by atoms with Gasteiger partial charge in [0, 0.05) is 29.2 Å². The van der Waals surface area contributed by atoms with E-state index in [1.165, 1.54) is 11.8 Å². The number of benzene rings is 2. The molecule has 2 aromatic carbocycles. The van der Waals surface area contributed by atoms with Gasteiger partial charge in [0.2, 0.25) is 0 Å². The highest BCUT2D eigenvalue weighted by atomic mass is 79.9. The van der Waals surface area contributed by atoms with Crippen molar-refractivity contribution in [3.8, 4) is 0 Å². The van der Waals surface area contributed by atoms with Gasteiger partial charge in [-0.15, -0.1) is 10.2 Å². The van der Waals surface area contributed by atoms with Gasteiger partial charge in [-0.1, -0.05) is 58.0 Å². The van der Waals surface area contributed by atoms with E-state index in [9.17, 15) is 9.59 Å². The Morgan fingerprint density at radius 3 is 2.61 bits per heavy atom. The van der Waals surface area contributed by atoms with Gasteiger partial charge >= 0.3 is 0 Å². The number of nitrogens with zero attached hydrogens (tertiary/aromatic N) is 4. The average Bonchev–Trinajstić information content (AvgIpc) is 3.39. The Hall–Kier alpha value is -2.45. The molecule has 0 bridgehead atoms. The first-order valence-corrected chi connectivity index (χ1v) is 11.9. The van der Waals surface area contributed by atoms with Crippen LogP contribution >= 0.6 is 27.7 Å². The molecule has 0 N–H and O–H groups in total. The molecule has 0 spiro atoms. The summed E-state index contributed by atoms with van der Waals surface area (Å²) in [5.41, 5.74) is 2.37. The van der Waals surface area contributed by atoms with E-state index in [4.69, 9.17) is 0 Å². The van der Waals surface area contributed by atoms with Crippen LogP contribution in [-0.2, 0) is 7.05 Å². The Morgan fingerprint density at radius 2 is 1.87 bits per heavy atom. The minimum atomic E-state index is -0.110. The summed E-state index contributed by atoms with van der Waals surface area (Å²) in [5, 5.41) is 9.37. The second-order valence-corrected chi connectivity index (χ2v) is 9.45. The van der Waals surface area contributed by atoms with Gasteiger partial charge in [0.15, 0.2) is 16.8 Å². The van der Waals surface area contributed by atoms with E-state index in [0.29, 0.717) is 17.3 Å². The van der Waals surface area contributed by atoms with E-state index in [1.807, 2.05) is 72.0 Å². The first kappa shape index (κ1) is 21.8. The van der Waals surface area contributed by atoms with Crippen LogP contribution in [0, 0.1) is 6.92 Å². The number of aromatic nitrogens is 3. The average molecular weight is 499 g/mol. The summed E-state index contributed by atoms with van der Waals surface area (Å²) in [4.78, 5) is 27.6. The third-order valence-electron chi connectivity index (χ3n) is 5.55. The smallest absolute Gasteiger partial charge is 0.254 e. The SMILES string of the molecule is Cc1ccccc1C(=O)N1CCCC1c1nnc(SCC(=O)c2ccc(Br)cc2)n1C. The molecule has 1 saturated heterocycles. The lowest BCUT2D eigenvalue weighted by atomic mass is 10.1. The predicted octanol–water partition coefficient (Wildman–Crippen LogP) is 4.84. The number of hydrogen-bond donors (Lipinski definition) is 0. The normalized spacial score (nSPS) is 16.0. The molecule has 1 unspecified atom stereocenters. The lowest BCUT2D eigenvalue weighted by Gasteiger charge is -2.24. The van der Waals surface area contributed by atoms with Gasteiger partial charge < -0.3 is 9.47 Å². The van der Waals surface area contributed by atoms with Crippen LogP contribution in [0.25, 0.3) is 0 Å². The van der Waals surface area contributed by atoms with Crippen molar-refractivity contribution in [2.45, 2.75) is 31.0 Å². The van der Waals surface area contributed by atoms with Crippen LogP contribution in [0.3, 0.4) is 0 Å². The maximum Gasteiger partial charge on any atom is 0.254 e. The van der Waals surface area contributed by atoms with E-state index >= 15 is 0 Å². The van der Waals surface area contributed by atoms with Crippen molar-refractivity contribution < 1.29 is 9.59 Å². The number of Topliss-reactive ketones (excluding diaryl/α,β-unsaturated/α-hetero) is 1. The molecule has 1 aromatic heterocycles. The number of hydrogen-bond acceptors (Lipinski definition) is 5. The molecule has 3 aromatic rings. The maximum absolute atomic E-state index is 13.2. The zero-order chi connectivity index (χ0) is 22.0. The molecule has 31 heavy (non-hydrogen) atoms. The van der Waals surface area contributed by atoms with Crippen molar-refractivity contribution in [2.24, 2.45) is 7.05 Å². The molecule has 1 aliphatic rings. The van der Waals surface area contributed by atoms with E-state index < -0.39 is 0 Å². The number of rotatable bonds is 6. The second-order valence-electron chi connectivity index (χ2n) is 7.59. The summed E-state index contributed by atoms with van der Waals surface area (Å²) in [6, 6.07) is 14.9. The molecule has 1 fully saturated rings. The number of halogens is 1. The molecule has 0 saturated carbocycles. The van der Waals surface area contributed by atoms with Crippen molar-refractivity contribution in [1.82, 2.24) is 19.7 Å². The third kappa shape index (κ3) is 4.60. The molecule has 160 valence electrons. The van der Waals surface area contributed by atoms with Crippen molar-refractivity contribution in [3.05, 3.63) is 75.5 Å². The molecule has 0 aliphatic carbocycles. The van der Waals surface area contributed by atoms with Crippen LogP contribution in [0.2, 0.25) is 0 Å². The van der Waals surface area contributed by atoms with Crippen molar-refractivity contribution >= 4 is 39.4 Å². The monoisotopic (exact) mass is 498 g/mol. The summed E-state index contributed by atoms with van der Waals surface area (Å²) in [6.07, 6.45) is 1.78. The highest BCUT2D eigenvalue weighted by Gasteiger charge is 2.34. The van der Waals surface area contributed by atoms with E-state index in [0.717, 1.165) is 34.3 Å². The minimum absolute atomic E-state index is 0.0308. The zero-order valence-corrected chi connectivity index (χ0v) is 19.8. The number of thioether (sulfide) groups is 1. The molecule has 1 amide bonds. The molecular formula is C23H23BrN4O2S. The lowest BCUT2D eigenvalue weighted by Crippen LogP contribution is -2.32. The standard InChI is InChI=1S/C23H23BrN4O2S/c1-15-6-3-4-7-18(15)22(30)28-13-5-8-19(28)21-25-26-23(27(21)2)31-14-20(29)16-9-11-17(24)12-10-16/h3-4,6-7,9-12,19H,5,8,13-14H2,1-2H3. The first-order valence-electron chi connectivity index (χ1n) is 10.1. The molecule has 8 heteroatoms. The highest BCUT2D eigenvalue weighted by molar-refractivity contribution is 9.10. The Morgan fingerprint density at radius 1 is 1.13 bits per heavy atom. The van der Waals surface area contributed by atoms with Crippen molar-refractivity contribution in [2.75, 3.05) is 12.3 Å². The zero-order valence-electron chi connectivity index (χ0n) is 17.4. The first-order chi connectivity index (χ1) is 15.0. The Balaban J connectivity index is 1.48. The lowest BCUT2D eigenvalue weighted by molar-refractivity contribution is 0.0726. The van der Waals surface area contributed by atoms with Crippen molar-refractivity contribution in [1.29, 1.82) is 0 Å². The Bertz CT molecular complexity index is 1110. The molecule has 6 nitrogen and oxygen atoms in total. The van der Waals surface area contributed by atoms with Crippen LogP contribution in [0.4, 0.5) is 0 Å². The number of amides is 1. The third-order valence-corrected chi connectivity index (χ3v) is 7.10. The van der Waals surface area contributed by atoms with E-state index in [1.54, 1.807) is 0 Å². The molecule has 1 aliphatic heterocycles. The Labute approximate surface area is 194 Å². The van der Waals surface area contributed by atoms with Gasteiger partial charge in [0.1, 0.15) is 0 Å². The van der Waals surface area contributed by atoms with Crippen molar-refractivity contribution in [3.63, 3.8) is 0 Å². The highest BCUT2D eigenvalue weighted by Crippen LogP contribution is 2.33. The number of ketones is 1. The summed E-state index contributed by atoms with van der Waals surface area (Å²) >= 11 is 4.75. The molecule has 1 atom stereocenters. The fourth-order valence-electron chi connectivity index (χ4n) is 3.84. The van der Waals surface area contributed by atoms with Crippen LogP contribution < -0.4 is 0 Å². The minimum Gasteiger partial charge on any atom is -0.328 e. The second kappa shape index (κ2) is 9.36. The predicted molar refractivity (Wildman–Crippen MR) is 124 cm³/mol. The molecule has 0 radical (unpaired) electrons. The van der Waals surface area contributed by atoms with Crippen LogP contribution in [0.1, 0.15) is 51.0 Å². The van der Waals surface area contributed by atoms with Crippen LogP contribution in [0.15, 0.2) is 58.2 Å². The summed E-state index contributed by atoms with van der Waals surface area (Å²) in [6.45, 7) is 2.66. The van der Waals surface area contributed by atoms with Crippen LogP contribution in [-0.4, -0.2) is 43.7 Å². The summed E-state index contributed by atoms with van der Waals surface area (Å²) < 4.78 is 2.85. The number of aryl methyl sites for hydroxylation is 1. The molecule has 2 heterocycles. The molecule has 4 rings (SSSR count). The Kier molecular flexibility index (Phi) is 6.57. The van der Waals surface area contributed by atoms with Crippen LogP contribution in [0.5, 0.6) is 0 Å². The number of carbonyl (C=O) groups is 2. The van der Waals surface area contributed by atoms with Gasteiger partial charge in [-0.05, 0) is 43.5 Å². The van der Waals surface area contributed by atoms with Gasteiger partial charge in [-0.25, -0.2) is 0 Å². The van der Waals surface area contributed by atoms with E-state index in [-0.39, 0.29) is 23.5 Å². The van der Waals surface area contributed by atoms with Gasteiger partial charge in [-0.2, -0.15) is 0 Å². The topological polar surface area (TPSA) is 68.1 Å². The maximum atomic E-state index is 13.2. The fourth-order valence-corrected chi connectivity index (χ4v) is 4.91. The largest absolute Gasteiger partial charge is 0.328 e. The van der Waals surface area contributed by atoms with Gasteiger partial charge in [0.25, 0.3) is 5.91 Å².